The molecule has 0 spiro atoms. The van der Waals surface area contributed by atoms with E-state index in [1.54, 1.807) is 23.1 Å². The number of hydrogen-bond acceptors (Lipinski definition) is 4. The third kappa shape index (κ3) is 4.37. The quantitative estimate of drug-likeness (QED) is 0.495. The summed E-state index contributed by atoms with van der Waals surface area (Å²) in [7, 11) is 0. The number of fused-ring (bicyclic) bond motifs is 1. The summed E-state index contributed by atoms with van der Waals surface area (Å²) in [5.41, 5.74) is 1.95. The molecule has 1 aromatic heterocycles. The number of likely N-dealkylation sites (tertiary alicyclic amines) is 1. The number of piperidine rings is 1. The van der Waals surface area contributed by atoms with Gasteiger partial charge in [0.25, 0.3) is 11.5 Å². The highest BCUT2D eigenvalue weighted by molar-refractivity contribution is 6.04. The SMILES string of the molecule is O=C(c1nn(Cc2ccccc2)c(=O)c2ccccc12)N1CCC(C(O)c2ccccc2)CC1. The Bertz CT molecular complexity index is 1340. The Kier molecular flexibility index (Phi) is 6.23. The van der Waals surface area contributed by atoms with Gasteiger partial charge in [-0.05, 0) is 36.0 Å². The molecule has 1 amide bonds. The molecular weight excluding hydrogens is 426 g/mol. The fourth-order valence-corrected chi connectivity index (χ4v) is 4.75. The second-order valence-electron chi connectivity index (χ2n) is 8.83. The zero-order valence-corrected chi connectivity index (χ0v) is 18.9. The molecule has 0 bridgehead atoms. The van der Waals surface area contributed by atoms with Crippen LogP contribution in [0.4, 0.5) is 0 Å². The maximum absolute atomic E-state index is 13.6. The fraction of sp³-hybridized carbons (Fsp3) is 0.250. The first-order valence-electron chi connectivity index (χ1n) is 11.7. The number of carbonyl (C=O) groups is 1. The van der Waals surface area contributed by atoms with E-state index >= 15 is 0 Å². The Morgan fingerprint density at radius 1 is 0.882 bits per heavy atom. The Labute approximate surface area is 198 Å². The summed E-state index contributed by atoms with van der Waals surface area (Å²) in [5, 5.41) is 16.4. The molecule has 1 fully saturated rings. The summed E-state index contributed by atoms with van der Waals surface area (Å²) in [5.74, 6) is -0.0751. The van der Waals surface area contributed by atoms with Crippen molar-refractivity contribution in [3.8, 4) is 0 Å². The van der Waals surface area contributed by atoms with Gasteiger partial charge in [0.2, 0.25) is 0 Å². The zero-order valence-electron chi connectivity index (χ0n) is 18.9. The molecule has 1 saturated heterocycles. The van der Waals surface area contributed by atoms with E-state index in [0.717, 1.165) is 11.1 Å². The maximum Gasteiger partial charge on any atom is 0.274 e. The predicted molar refractivity (Wildman–Crippen MR) is 132 cm³/mol. The standard InChI is InChI=1S/C28H27N3O3/c32-26(21-11-5-2-6-12-21)22-15-17-30(18-16-22)28(34)25-23-13-7-8-14-24(23)27(33)31(29-25)19-20-9-3-1-4-10-20/h1-14,22,26,32H,15-19H2. The lowest BCUT2D eigenvalue weighted by molar-refractivity contribution is 0.0458. The molecular formula is C28H27N3O3. The van der Waals surface area contributed by atoms with Crippen LogP contribution in [0.1, 0.15) is 40.6 Å². The van der Waals surface area contributed by atoms with Gasteiger partial charge in [-0.1, -0.05) is 78.9 Å². The van der Waals surface area contributed by atoms with Crippen molar-refractivity contribution in [2.45, 2.75) is 25.5 Å². The first-order chi connectivity index (χ1) is 16.6. The van der Waals surface area contributed by atoms with Crippen molar-refractivity contribution >= 4 is 16.7 Å². The van der Waals surface area contributed by atoms with Gasteiger partial charge in [0.1, 0.15) is 0 Å². The maximum atomic E-state index is 13.6. The van der Waals surface area contributed by atoms with E-state index < -0.39 is 6.10 Å². The third-order valence-corrected chi connectivity index (χ3v) is 6.66. The second kappa shape index (κ2) is 9.61. The molecule has 5 rings (SSSR count). The first kappa shape index (κ1) is 22.0. The van der Waals surface area contributed by atoms with Crippen molar-refractivity contribution in [3.63, 3.8) is 0 Å². The van der Waals surface area contributed by atoms with Crippen LogP contribution in [0.25, 0.3) is 10.8 Å². The molecule has 172 valence electrons. The average Bonchev–Trinajstić information content (AvgIpc) is 2.91. The van der Waals surface area contributed by atoms with Gasteiger partial charge in [0, 0.05) is 18.5 Å². The Hall–Kier alpha value is -3.77. The number of benzene rings is 3. The van der Waals surface area contributed by atoms with Crippen LogP contribution < -0.4 is 5.56 Å². The van der Waals surface area contributed by atoms with Crippen LogP contribution in [-0.4, -0.2) is 38.8 Å². The summed E-state index contributed by atoms with van der Waals surface area (Å²) >= 11 is 0. The van der Waals surface area contributed by atoms with Gasteiger partial charge in [-0.2, -0.15) is 5.10 Å². The predicted octanol–water partition coefficient (Wildman–Crippen LogP) is 4.03. The van der Waals surface area contributed by atoms with Crippen molar-refractivity contribution < 1.29 is 9.90 Å². The minimum absolute atomic E-state index is 0.100. The number of aliphatic hydroxyl groups is 1. The fourth-order valence-electron chi connectivity index (χ4n) is 4.75. The molecule has 1 atom stereocenters. The van der Waals surface area contributed by atoms with E-state index in [1.165, 1.54) is 4.68 Å². The molecule has 1 N–H and O–H groups in total. The number of amides is 1. The van der Waals surface area contributed by atoms with Crippen LogP contribution in [0.3, 0.4) is 0 Å². The van der Waals surface area contributed by atoms with Gasteiger partial charge < -0.3 is 10.0 Å². The van der Waals surface area contributed by atoms with E-state index in [2.05, 4.69) is 5.10 Å². The van der Waals surface area contributed by atoms with Crippen molar-refractivity contribution in [2.75, 3.05) is 13.1 Å². The molecule has 0 radical (unpaired) electrons. The molecule has 4 aromatic rings. The Morgan fingerprint density at radius 2 is 1.47 bits per heavy atom. The highest BCUT2D eigenvalue weighted by Crippen LogP contribution is 2.31. The number of rotatable bonds is 5. The molecule has 6 nitrogen and oxygen atoms in total. The van der Waals surface area contributed by atoms with Crippen LogP contribution >= 0.6 is 0 Å². The van der Waals surface area contributed by atoms with E-state index in [4.69, 9.17) is 0 Å². The van der Waals surface area contributed by atoms with Gasteiger partial charge in [-0.15, -0.1) is 0 Å². The van der Waals surface area contributed by atoms with E-state index in [1.807, 2.05) is 66.7 Å². The molecule has 3 aromatic carbocycles. The number of nitrogens with zero attached hydrogens (tertiary/aromatic N) is 3. The highest BCUT2D eigenvalue weighted by Gasteiger charge is 2.30. The molecule has 1 aliphatic rings. The largest absolute Gasteiger partial charge is 0.388 e. The molecule has 2 heterocycles. The molecule has 1 aliphatic heterocycles. The van der Waals surface area contributed by atoms with Gasteiger partial charge in [0.15, 0.2) is 5.69 Å². The first-order valence-corrected chi connectivity index (χ1v) is 11.7. The smallest absolute Gasteiger partial charge is 0.274 e. The molecule has 6 heteroatoms. The topological polar surface area (TPSA) is 75.4 Å². The van der Waals surface area contributed by atoms with Crippen LogP contribution in [0, 0.1) is 5.92 Å². The van der Waals surface area contributed by atoms with Crippen LogP contribution in [0.2, 0.25) is 0 Å². The monoisotopic (exact) mass is 453 g/mol. The van der Waals surface area contributed by atoms with Crippen molar-refractivity contribution in [2.24, 2.45) is 5.92 Å². The van der Waals surface area contributed by atoms with Crippen molar-refractivity contribution in [3.05, 3.63) is 112 Å². The number of hydrogen-bond donors (Lipinski definition) is 1. The lowest BCUT2D eigenvalue weighted by Crippen LogP contribution is -2.41. The third-order valence-electron chi connectivity index (χ3n) is 6.66. The van der Waals surface area contributed by atoms with E-state index in [0.29, 0.717) is 48.9 Å². The summed E-state index contributed by atoms with van der Waals surface area (Å²) in [6.07, 6.45) is 0.887. The van der Waals surface area contributed by atoms with E-state index in [-0.39, 0.29) is 17.4 Å². The Morgan fingerprint density at radius 3 is 2.15 bits per heavy atom. The van der Waals surface area contributed by atoms with Crippen LogP contribution in [-0.2, 0) is 6.54 Å². The molecule has 0 saturated carbocycles. The second-order valence-corrected chi connectivity index (χ2v) is 8.83. The average molecular weight is 454 g/mol. The molecule has 0 aliphatic carbocycles. The van der Waals surface area contributed by atoms with Gasteiger partial charge in [0.05, 0.1) is 18.0 Å². The molecule has 1 unspecified atom stereocenters. The molecule has 34 heavy (non-hydrogen) atoms. The number of carbonyl (C=O) groups excluding carboxylic acids is 1. The lowest BCUT2D eigenvalue weighted by Gasteiger charge is -2.34. The normalized spacial score (nSPS) is 15.4. The van der Waals surface area contributed by atoms with Gasteiger partial charge in [-0.3, -0.25) is 9.59 Å². The van der Waals surface area contributed by atoms with Crippen LogP contribution in [0.5, 0.6) is 0 Å². The van der Waals surface area contributed by atoms with E-state index in [9.17, 15) is 14.7 Å². The minimum Gasteiger partial charge on any atom is -0.388 e. The number of aliphatic hydroxyl groups excluding tert-OH is 1. The van der Waals surface area contributed by atoms with Crippen molar-refractivity contribution in [1.82, 2.24) is 14.7 Å². The Balaban J connectivity index is 1.40. The van der Waals surface area contributed by atoms with Gasteiger partial charge >= 0.3 is 0 Å². The summed E-state index contributed by atoms with van der Waals surface area (Å²) < 4.78 is 1.39. The van der Waals surface area contributed by atoms with Crippen LogP contribution in [0.15, 0.2) is 89.7 Å². The summed E-state index contributed by atoms with van der Waals surface area (Å²) in [6, 6.07) is 26.5. The highest BCUT2D eigenvalue weighted by atomic mass is 16.3. The van der Waals surface area contributed by atoms with Gasteiger partial charge in [-0.25, -0.2) is 4.68 Å². The lowest BCUT2D eigenvalue weighted by atomic mass is 9.87. The minimum atomic E-state index is -0.537. The zero-order chi connectivity index (χ0) is 23.5. The summed E-state index contributed by atoms with van der Waals surface area (Å²) in [4.78, 5) is 28.4. The number of aromatic nitrogens is 2. The van der Waals surface area contributed by atoms with Crippen molar-refractivity contribution in [1.29, 1.82) is 0 Å². The summed E-state index contributed by atoms with van der Waals surface area (Å²) in [6.45, 7) is 1.39.